The molecule has 0 spiro atoms. The van der Waals surface area contributed by atoms with Crippen molar-refractivity contribution in [3.8, 4) is 23.6 Å². The number of hydrogen-bond acceptors (Lipinski definition) is 10. The molecule has 0 bridgehead atoms. The standard InChI is InChI=1S/C39H52F3N5.C30H52N6/c1-6-7-16-38(4,5)24-34-32-22-29(44-17-10-8-11-18-44)14-15-35(32)47(27-39(40,41)42)37(34)33-23-31(25-43-36(33)28(2)3)46-21-20-45-19-12-9-13-30(45)26-46;1-6-34(24(5)28-29(33-28)26-13-14-26)19-25-15-18-35(20-25)30(27-11-7-8-12-27)22(3)32-21(2)23(4)36-17-10-9-16-31-36/h1,14-15,22-23,25,28,30H,7-13,16-21,24,26-27H2,2-5H3;21,25-33H,3-20H2,1-2H3. The van der Waals surface area contributed by atoms with E-state index >= 15 is 0 Å². The first-order valence-electron chi connectivity index (χ1n) is 32.9. The highest BCUT2D eigenvalue weighted by Crippen LogP contribution is 2.46. The van der Waals surface area contributed by atoms with Gasteiger partial charge in [-0.15, -0.1) is 12.3 Å². The second-order valence-corrected chi connectivity index (χ2v) is 27.6. The highest BCUT2D eigenvalue weighted by Gasteiger charge is 2.49. The van der Waals surface area contributed by atoms with Gasteiger partial charge < -0.3 is 34.9 Å². The van der Waals surface area contributed by atoms with E-state index in [9.17, 15) is 13.2 Å². The molecule has 83 heavy (non-hydrogen) atoms. The number of rotatable bonds is 22. The van der Waals surface area contributed by atoms with Crippen molar-refractivity contribution in [2.24, 2.45) is 23.2 Å². The van der Waals surface area contributed by atoms with Gasteiger partial charge >= 0.3 is 6.18 Å². The van der Waals surface area contributed by atoms with Gasteiger partial charge in [0.15, 0.2) is 0 Å². The van der Waals surface area contributed by atoms with Crippen molar-refractivity contribution in [2.75, 3.05) is 88.3 Å². The van der Waals surface area contributed by atoms with Crippen LogP contribution < -0.4 is 25.9 Å². The molecule has 11 nitrogen and oxygen atoms in total. The number of benzene rings is 1. The lowest BCUT2D eigenvalue weighted by atomic mass is 9.80. The predicted molar refractivity (Wildman–Crippen MR) is 338 cm³/mol. The Morgan fingerprint density at radius 2 is 1.59 bits per heavy atom. The largest absolute Gasteiger partial charge is 0.406 e. The highest BCUT2D eigenvalue weighted by atomic mass is 19.4. The number of pyridine rings is 1. The van der Waals surface area contributed by atoms with E-state index in [0.717, 1.165) is 136 Å². The number of piperidine rings is 2. The number of hydrazine groups is 1. The minimum absolute atomic E-state index is 0.0396. The molecular weight excluding hydrogens is 1040 g/mol. The highest BCUT2D eigenvalue weighted by molar-refractivity contribution is 5.95. The number of fused-ring (bicyclic) bond motifs is 2. The molecule has 2 saturated carbocycles. The van der Waals surface area contributed by atoms with E-state index < -0.39 is 12.7 Å². The summed E-state index contributed by atoms with van der Waals surface area (Å²) in [5.41, 5.74) is 13.0. The summed E-state index contributed by atoms with van der Waals surface area (Å²) in [5, 5.41) is 10.7. The number of piperazine rings is 1. The van der Waals surface area contributed by atoms with E-state index in [4.69, 9.17) is 11.4 Å². The summed E-state index contributed by atoms with van der Waals surface area (Å²) in [5.74, 6) is 5.18. The lowest BCUT2D eigenvalue weighted by molar-refractivity contribution is -0.139. The van der Waals surface area contributed by atoms with E-state index in [1.165, 1.54) is 108 Å². The number of terminal acetylenes is 1. The predicted octanol–water partition coefficient (Wildman–Crippen LogP) is 13.1. The Morgan fingerprint density at radius 3 is 2.29 bits per heavy atom. The van der Waals surface area contributed by atoms with Crippen LogP contribution in [0.2, 0.25) is 0 Å². The van der Waals surface area contributed by atoms with E-state index in [1.807, 2.05) is 18.3 Å². The van der Waals surface area contributed by atoms with Crippen LogP contribution in [-0.4, -0.2) is 144 Å². The second-order valence-electron chi connectivity index (χ2n) is 27.6. The van der Waals surface area contributed by atoms with Gasteiger partial charge in [-0.2, -0.15) is 13.2 Å². The second kappa shape index (κ2) is 26.9. The zero-order chi connectivity index (χ0) is 58.6. The minimum atomic E-state index is -4.39. The molecule has 1 aromatic carbocycles. The molecule has 0 radical (unpaired) electrons. The molecule has 2 aromatic heterocycles. The molecule has 6 saturated heterocycles. The number of nitrogens with one attached hydrogen (secondary N) is 3. The van der Waals surface area contributed by atoms with Gasteiger partial charge in [-0.1, -0.05) is 66.7 Å². The van der Waals surface area contributed by atoms with Gasteiger partial charge in [-0.3, -0.25) is 14.8 Å². The third kappa shape index (κ3) is 14.9. The van der Waals surface area contributed by atoms with Crippen LogP contribution in [-0.2, 0) is 13.0 Å². The molecule has 8 fully saturated rings. The molecule has 6 unspecified atom stereocenters. The zero-order valence-corrected chi connectivity index (χ0v) is 51.9. The zero-order valence-electron chi connectivity index (χ0n) is 51.9. The van der Waals surface area contributed by atoms with Crippen molar-refractivity contribution in [3.63, 3.8) is 0 Å². The third-order valence-electron chi connectivity index (χ3n) is 20.4. The molecule has 8 heterocycles. The SMILES string of the molecule is C#CCCC(C)(C)Cc1c(-c2cc(N3CCN4CCCCC4C3)cnc2C(C)C)n(CC(F)(F)F)c2ccc(N3CCCCC3)cc12.C=C(NC(C)C(=C)N1CCCCN1)C(C1CCCC1)N1CCC(CN(CC)C(=C)C2NC2C2CC2)C1. The number of likely N-dealkylation sites (N-methyl/N-ethyl adjacent to an activating group) is 1. The van der Waals surface area contributed by atoms with Crippen LogP contribution in [0, 0.1) is 35.5 Å². The maximum atomic E-state index is 14.6. The van der Waals surface area contributed by atoms with Gasteiger partial charge in [0.1, 0.15) is 6.54 Å². The fourth-order valence-electron chi connectivity index (χ4n) is 15.5. The van der Waals surface area contributed by atoms with Crippen LogP contribution in [0.3, 0.4) is 0 Å². The summed E-state index contributed by atoms with van der Waals surface area (Å²) in [6.07, 6.45) is 24.5. The van der Waals surface area contributed by atoms with Gasteiger partial charge in [0.25, 0.3) is 0 Å². The Labute approximate surface area is 498 Å². The molecule has 14 heteroatoms. The first kappa shape index (κ1) is 61.4. The Bertz CT molecular complexity index is 2730. The lowest BCUT2D eigenvalue weighted by Crippen LogP contribution is -2.54. The molecule has 6 atom stereocenters. The van der Waals surface area contributed by atoms with Gasteiger partial charge in [0, 0.05) is 123 Å². The molecule has 3 aromatic rings. The van der Waals surface area contributed by atoms with Crippen LogP contribution >= 0.6 is 0 Å². The number of halogens is 3. The van der Waals surface area contributed by atoms with Gasteiger partial charge in [0.05, 0.1) is 41.4 Å². The van der Waals surface area contributed by atoms with Crippen molar-refractivity contribution < 1.29 is 13.2 Å². The van der Waals surface area contributed by atoms with Gasteiger partial charge in [-0.25, -0.2) is 5.43 Å². The summed E-state index contributed by atoms with van der Waals surface area (Å²) in [7, 11) is 0. The van der Waals surface area contributed by atoms with Crippen LogP contribution in [0.25, 0.3) is 22.2 Å². The number of anilines is 2. The first-order valence-corrected chi connectivity index (χ1v) is 32.9. The van der Waals surface area contributed by atoms with Crippen molar-refractivity contribution in [1.82, 2.24) is 45.3 Å². The fraction of sp³-hybridized carbons (Fsp3) is 0.696. The Morgan fingerprint density at radius 1 is 0.843 bits per heavy atom. The Hall–Kier alpha value is -4.68. The summed E-state index contributed by atoms with van der Waals surface area (Å²) in [6.45, 7) is 38.3. The average Bonchev–Trinajstić information content (AvgIpc) is 4.21. The quantitative estimate of drug-likeness (QED) is 0.0668. The summed E-state index contributed by atoms with van der Waals surface area (Å²) >= 11 is 0. The Balaban J connectivity index is 0.000000192. The average molecular weight is 1140 g/mol. The molecular formula is C69H104F3N11. The molecule has 8 aliphatic rings. The maximum Gasteiger partial charge on any atom is 0.406 e. The summed E-state index contributed by atoms with van der Waals surface area (Å²) in [6, 6.07) is 10.7. The van der Waals surface area contributed by atoms with Crippen LogP contribution in [0.15, 0.2) is 67.3 Å². The molecule has 3 N–H and O–H groups in total. The number of aromatic nitrogens is 2. The van der Waals surface area contributed by atoms with Crippen LogP contribution in [0.4, 0.5) is 24.5 Å². The maximum absolute atomic E-state index is 14.6. The normalized spacial score (nSPS) is 24.5. The third-order valence-corrected chi connectivity index (χ3v) is 20.4. The van der Waals surface area contributed by atoms with Gasteiger partial charge in [0.2, 0.25) is 0 Å². The van der Waals surface area contributed by atoms with Crippen molar-refractivity contribution in [3.05, 3.63) is 78.5 Å². The number of hydrogen-bond donors (Lipinski definition) is 3. The molecule has 11 rings (SSSR count). The molecule has 6 aliphatic heterocycles. The van der Waals surface area contributed by atoms with E-state index in [-0.39, 0.29) is 17.4 Å². The van der Waals surface area contributed by atoms with Crippen LogP contribution in [0.5, 0.6) is 0 Å². The van der Waals surface area contributed by atoms with E-state index in [0.29, 0.717) is 54.1 Å². The topological polar surface area (TPSA) is 83.3 Å². The number of likely N-dealkylation sites (tertiary alicyclic amines) is 1. The molecule has 2 aliphatic carbocycles. The van der Waals surface area contributed by atoms with Crippen LogP contribution in [0.1, 0.15) is 168 Å². The first-order chi connectivity index (χ1) is 39.9. The van der Waals surface area contributed by atoms with Crippen molar-refractivity contribution in [1.29, 1.82) is 0 Å². The number of alkyl halides is 3. The van der Waals surface area contributed by atoms with Crippen molar-refractivity contribution in [2.45, 2.75) is 206 Å². The fourth-order valence-corrected chi connectivity index (χ4v) is 15.5. The minimum Gasteiger partial charge on any atom is -0.379 e. The molecule has 0 amide bonds. The van der Waals surface area contributed by atoms with E-state index in [2.05, 4.69) is 125 Å². The lowest BCUT2D eigenvalue weighted by Gasteiger charge is -2.45. The van der Waals surface area contributed by atoms with Crippen molar-refractivity contribution >= 4 is 22.3 Å². The number of nitrogens with zero attached hydrogens (tertiary/aromatic N) is 8. The smallest absolute Gasteiger partial charge is 0.379 e. The van der Waals surface area contributed by atoms with Gasteiger partial charge in [-0.05, 0) is 176 Å². The molecule has 456 valence electrons. The van der Waals surface area contributed by atoms with E-state index in [1.54, 1.807) is 4.57 Å². The Kier molecular flexibility index (Phi) is 19.9. The summed E-state index contributed by atoms with van der Waals surface area (Å²) < 4.78 is 45.2. The summed E-state index contributed by atoms with van der Waals surface area (Å²) in [4.78, 5) is 17.8. The monoisotopic (exact) mass is 1140 g/mol.